The molecule has 0 spiro atoms. The number of hydrogen-bond acceptors (Lipinski definition) is 4. The van der Waals surface area contributed by atoms with Crippen LogP contribution in [0.5, 0.6) is 0 Å². The molecule has 1 unspecified atom stereocenters. The molecule has 1 aromatic carbocycles. The van der Waals surface area contributed by atoms with E-state index in [1.54, 1.807) is 0 Å². The van der Waals surface area contributed by atoms with Gasteiger partial charge >= 0.3 is 0 Å². The highest BCUT2D eigenvalue weighted by atomic mass is 35.5. The van der Waals surface area contributed by atoms with Gasteiger partial charge in [0.2, 0.25) is 0 Å². The van der Waals surface area contributed by atoms with Crippen LogP contribution in [0.25, 0.3) is 11.0 Å². The van der Waals surface area contributed by atoms with E-state index >= 15 is 0 Å². The second-order valence-electron chi connectivity index (χ2n) is 6.96. The molecule has 2 aromatic rings. The summed E-state index contributed by atoms with van der Waals surface area (Å²) >= 11 is 0. The first-order valence-electron chi connectivity index (χ1n) is 7.98. The molecule has 6 heteroatoms. The minimum atomic E-state index is -0.128. The van der Waals surface area contributed by atoms with Gasteiger partial charge in [-0.1, -0.05) is 17.3 Å². The molecule has 5 rings (SSSR count). The molecule has 0 radical (unpaired) electrons. The smallest absolute Gasteiger partial charge is 0.274 e. The first-order chi connectivity index (χ1) is 10.6. The average molecular weight is 336 g/mol. The predicted molar refractivity (Wildman–Crippen MR) is 90.9 cm³/mol. The van der Waals surface area contributed by atoms with Gasteiger partial charge in [-0.25, -0.2) is 0 Å². The van der Waals surface area contributed by atoms with Crippen LogP contribution < -0.4 is 5.32 Å². The van der Waals surface area contributed by atoms with Crippen LogP contribution >= 0.6 is 12.4 Å². The molecule has 23 heavy (non-hydrogen) atoms. The van der Waals surface area contributed by atoms with E-state index in [0.29, 0.717) is 17.2 Å². The largest absolute Gasteiger partial charge is 0.355 e. The zero-order valence-corrected chi connectivity index (χ0v) is 14.2. The SMILES string of the molecule is CC1(C)C(NC(=O)c2noc3ccccc23)C2CCN1CC2.Cl. The van der Waals surface area contributed by atoms with Crippen LogP contribution in [-0.4, -0.2) is 40.6 Å². The molecule has 1 N–H and O–H groups in total. The Labute approximate surface area is 141 Å². The van der Waals surface area contributed by atoms with E-state index in [9.17, 15) is 4.79 Å². The molecular formula is C17H22ClN3O2. The van der Waals surface area contributed by atoms with Crippen LogP contribution in [0.3, 0.4) is 0 Å². The zero-order chi connectivity index (χ0) is 15.3. The van der Waals surface area contributed by atoms with Gasteiger partial charge in [-0.05, 0) is 57.8 Å². The van der Waals surface area contributed by atoms with E-state index in [-0.39, 0.29) is 29.9 Å². The lowest BCUT2D eigenvalue weighted by Gasteiger charge is -2.56. The lowest BCUT2D eigenvalue weighted by Crippen LogP contribution is -2.69. The number of fused-ring (bicyclic) bond motifs is 4. The molecule has 3 fully saturated rings. The van der Waals surface area contributed by atoms with Crippen LogP contribution in [0.4, 0.5) is 0 Å². The van der Waals surface area contributed by atoms with Crippen molar-refractivity contribution < 1.29 is 9.32 Å². The van der Waals surface area contributed by atoms with Gasteiger partial charge < -0.3 is 9.84 Å². The number of piperidine rings is 3. The second kappa shape index (κ2) is 5.80. The second-order valence-corrected chi connectivity index (χ2v) is 6.96. The van der Waals surface area contributed by atoms with Crippen LogP contribution in [0, 0.1) is 5.92 Å². The summed E-state index contributed by atoms with van der Waals surface area (Å²) in [5.41, 5.74) is 1.04. The molecule has 0 saturated carbocycles. The van der Waals surface area contributed by atoms with Gasteiger partial charge in [-0.3, -0.25) is 9.69 Å². The van der Waals surface area contributed by atoms with Crippen LogP contribution in [0.2, 0.25) is 0 Å². The monoisotopic (exact) mass is 335 g/mol. The number of carbonyl (C=O) groups excluding carboxylic acids is 1. The quantitative estimate of drug-likeness (QED) is 0.916. The summed E-state index contributed by atoms with van der Waals surface area (Å²) in [6.07, 6.45) is 2.32. The topological polar surface area (TPSA) is 58.4 Å². The highest BCUT2D eigenvalue weighted by Crippen LogP contribution is 2.39. The molecule has 5 nitrogen and oxygen atoms in total. The van der Waals surface area contributed by atoms with Gasteiger partial charge in [-0.2, -0.15) is 0 Å². The highest BCUT2D eigenvalue weighted by Gasteiger charge is 2.48. The Kier molecular flexibility index (Phi) is 4.10. The standard InChI is InChI=1S/C17H21N3O2.ClH/c1-17(2)15(11-7-9-20(17)10-8-11)18-16(21)14-12-5-3-4-6-13(12)22-19-14;/h3-6,11,15H,7-10H2,1-2H3,(H,18,21);1H. The number of amides is 1. The average Bonchev–Trinajstić information content (AvgIpc) is 2.95. The van der Waals surface area contributed by atoms with Gasteiger partial charge in [0.05, 0.1) is 5.39 Å². The number of aromatic nitrogens is 1. The third-order valence-corrected chi connectivity index (χ3v) is 5.47. The summed E-state index contributed by atoms with van der Waals surface area (Å²) in [4.78, 5) is 15.2. The third-order valence-electron chi connectivity index (χ3n) is 5.47. The van der Waals surface area contributed by atoms with Gasteiger partial charge in [-0.15, -0.1) is 12.4 Å². The molecule has 124 valence electrons. The molecule has 4 heterocycles. The Morgan fingerprint density at radius 2 is 2.00 bits per heavy atom. The Morgan fingerprint density at radius 3 is 2.70 bits per heavy atom. The van der Waals surface area contributed by atoms with Crippen molar-refractivity contribution in [2.75, 3.05) is 13.1 Å². The summed E-state index contributed by atoms with van der Waals surface area (Å²) < 4.78 is 5.25. The summed E-state index contributed by atoms with van der Waals surface area (Å²) in [6, 6.07) is 7.65. The summed E-state index contributed by atoms with van der Waals surface area (Å²) in [6.45, 7) is 6.72. The van der Waals surface area contributed by atoms with Crippen molar-refractivity contribution in [2.24, 2.45) is 5.92 Å². The molecule has 3 saturated heterocycles. The number of carbonyl (C=O) groups is 1. The molecule has 1 amide bonds. The Bertz CT molecular complexity index is 719. The molecule has 3 aliphatic heterocycles. The maximum atomic E-state index is 12.7. The molecule has 1 atom stereocenters. The van der Waals surface area contributed by atoms with Crippen molar-refractivity contribution in [1.29, 1.82) is 0 Å². The van der Waals surface area contributed by atoms with Crippen molar-refractivity contribution in [2.45, 2.75) is 38.3 Å². The predicted octanol–water partition coefficient (Wildman–Crippen LogP) is 2.85. The van der Waals surface area contributed by atoms with Crippen molar-refractivity contribution in [1.82, 2.24) is 15.4 Å². The van der Waals surface area contributed by atoms with Crippen molar-refractivity contribution in [3.63, 3.8) is 0 Å². The number of nitrogens with zero attached hydrogens (tertiary/aromatic N) is 2. The summed E-state index contributed by atoms with van der Waals surface area (Å²) in [5, 5.41) is 7.98. The number of para-hydroxylation sites is 1. The van der Waals surface area contributed by atoms with E-state index < -0.39 is 0 Å². The molecule has 3 aliphatic rings. The number of rotatable bonds is 2. The Hall–Kier alpha value is -1.59. The fraction of sp³-hybridized carbons (Fsp3) is 0.529. The van der Waals surface area contributed by atoms with Gasteiger partial charge in [0, 0.05) is 11.6 Å². The maximum absolute atomic E-state index is 12.7. The first-order valence-corrected chi connectivity index (χ1v) is 7.98. The van der Waals surface area contributed by atoms with Gasteiger partial charge in [0.25, 0.3) is 5.91 Å². The number of nitrogens with one attached hydrogen (secondary N) is 1. The van der Waals surface area contributed by atoms with Crippen molar-refractivity contribution in [3.05, 3.63) is 30.0 Å². The van der Waals surface area contributed by atoms with Gasteiger partial charge in [0.15, 0.2) is 11.3 Å². The molecule has 0 aliphatic carbocycles. The first kappa shape index (κ1) is 16.3. The van der Waals surface area contributed by atoms with Crippen molar-refractivity contribution >= 4 is 29.3 Å². The number of hydrogen-bond donors (Lipinski definition) is 1. The number of benzene rings is 1. The molecule has 2 bridgehead atoms. The van der Waals surface area contributed by atoms with Crippen molar-refractivity contribution in [3.8, 4) is 0 Å². The summed E-state index contributed by atoms with van der Waals surface area (Å²) in [5.74, 6) is 0.430. The van der Waals surface area contributed by atoms with E-state index in [2.05, 4.69) is 29.2 Å². The minimum Gasteiger partial charge on any atom is -0.355 e. The minimum absolute atomic E-state index is 0. The van der Waals surface area contributed by atoms with Crippen LogP contribution in [-0.2, 0) is 0 Å². The summed E-state index contributed by atoms with van der Waals surface area (Å²) in [7, 11) is 0. The van der Waals surface area contributed by atoms with Gasteiger partial charge in [0.1, 0.15) is 0 Å². The zero-order valence-electron chi connectivity index (χ0n) is 13.4. The van der Waals surface area contributed by atoms with E-state index in [1.165, 1.54) is 0 Å². The highest BCUT2D eigenvalue weighted by molar-refractivity contribution is 6.04. The molecule has 1 aromatic heterocycles. The lowest BCUT2D eigenvalue weighted by molar-refractivity contribution is -0.0378. The Morgan fingerprint density at radius 1 is 1.30 bits per heavy atom. The third kappa shape index (κ3) is 2.52. The van der Waals surface area contributed by atoms with E-state index in [4.69, 9.17) is 4.52 Å². The Balaban J connectivity index is 0.00000156. The fourth-order valence-electron chi connectivity index (χ4n) is 4.14. The normalized spacial score (nSPS) is 28.3. The maximum Gasteiger partial charge on any atom is 0.274 e. The molecular weight excluding hydrogens is 314 g/mol. The van der Waals surface area contributed by atoms with Crippen LogP contribution in [0.15, 0.2) is 28.8 Å². The lowest BCUT2D eigenvalue weighted by atomic mass is 9.72. The van der Waals surface area contributed by atoms with E-state index in [0.717, 1.165) is 31.3 Å². The number of halogens is 1. The fourth-order valence-corrected chi connectivity index (χ4v) is 4.14. The van der Waals surface area contributed by atoms with E-state index in [1.807, 2.05) is 24.3 Å². The van der Waals surface area contributed by atoms with Crippen LogP contribution in [0.1, 0.15) is 37.2 Å².